The number of aliphatic hydroxyl groups is 1. The van der Waals surface area contributed by atoms with Crippen LogP contribution in [0.2, 0.25) is 0 Å². The fourth-order valence-electron chi connectivity index (χ4n) is 1.82. The number of amides is 1. The van der Waals surface area contributed by atoms with Crippen LogP contribution < -0.4 is 5.32 Å². The van der Waals surface area contributed by atoms with Gasteiger partial charge in [0.15, 0.2) is 0 Å². The number of rotatable bonds is 2. The van der Waals surface area contributed by atoms with Gasteiger partial charge in [-0.1, -0.05) is 20.8 Å². The minimum absolute atomic E-state index is 0.0132. The van der Waals surface area contributed by atoms with E-state index in [1.165, 1.54) is 0 Å². The van der Waals surface area contributed by atoms with Gasteiger partial charge in [-0.05, 0) is 0 Å². The third-order valence-electron chi connectivity index (χ3n) is 2.62. The first kappa shape index (κ1) is 13.1. The zero-order valence-electron chi connectivity index (χ0n) is 10.1. The molecule has 5 nitrogen and oxygen atoms in total. The Hall–Kier alpha value is -0.940. The van der Waals surface area contributed by atoms with Crippen molar-refractivity contribution in [2.24, 2.45) is 5.41 Å². The highest BCUT2D eigenvalue weighted by molar-refractivity contribution is 5.82. The lowest BCUT2D eigenvalue weighted by Gasteiger charge is -2.39. The predicted molar refractivity (Wildman–Crippen MR) is 59.9 cm³/mol. The molecule has 1 saturated heterocycles. The number of hydrogen-bond donors (Lipinski definition) is 2. The summed E-state index contributed by atoms with van der Waals surface area (Å²) in [4.78, 5) is 24.4. The molecule has 0 spiro atoms. The number of piperazine rings is 1. The lowest BCUT2D eigenvalue weighted by atomic mass is 9.93. The summed E-state index contributed by atoms with van der Waals surface area (Å²) in [7, 11) is 0. The number of carbonyl (C=O) groups is 2. The summed E-state index contributed by atoms with van der Waals surface area (Å²) in [6.45, 7) is 6.31. The minimum Gasteiger partial charge on any atom is -0.395 e. The average Bonchev–Trinajstić information content (AvgIpc) is 2.26. The van der Waals surface area contributed by atoms with Crippen LogP contribution in [0.5, 0.6) is 0 Å². The Morgan fingerprint density at radius 2 is 2.12 bits per heavy atom. The molecule has 0 aliphatic carbocycles. The van der Waals surface area contributed by atoms with Gasteiger partial charge in [0.1, 0.15) is 6.29 Å². The van der Waals surface area contributed by atoms with Gasteiger partial charge >= 0.3 is 0 Å². The molecule has 2 N–H and O–H groups in total. The van der Waals surface area contributed by atoms with Gasteiger partial charge in [-0.25, -0.2) is 0 Å². The molecule has 0 aromatic carbocycles. The van der Waals surface area contributed by atoms with E-state index in [0.717, 1.165) is 6.29 Å². The maximum atomic E-state index is 12.0. The Balaban J connectivity index is 2.73. The zero-order valence-corrected chi connectivity index (χ0v) is 10.1. The van der Waals surface area contributed by atoms with Crippen molar-refractivity contribution in [2.75, 3.05) is 19.7 Å². The van der Waals surface area contributed by atoms with Gasteiger partial charge in [0, 0.05) is 24.5 Å². The Morgan fingerprint density at radius 3 is 2.56 bits per heavy atom. The number of aldehydes is 1. The van der Waals surface area contributed by atoms with E-state index in [2.05, 4.69) is 5.32 Å². The summed E-state index contributed by atoms with van der Waals surface area (Å²) in [6.07, 6.45) is 0.782. The van der Waals surface area contributed by atoms with Crippen molar-refractivity contribution >= 4 is 12.2 Å². The monoisotopic (exact) mass is 228 g/mol. The van der Waals surface area contributed by atoms with E-state index < -0.39 is 5.41 Å². The molecule has 92 valence electrons. The van der Waals surface area contributed by atoms with E-state index in [-0.39, 0.29) is 24.6 Å². The first-order valence-electron chi connectivity index (χ1n) is 5.50. The van der Waals surface area contributed by atoms with E-state index in [0.29, 0.717) is 13.1 Å². The van der Waals surface area contributed by atoms with Crippen molar-refractivity contribution in [1.29, 1.82) is 0 Å². The van der Waals surface area contributed by atoms with Crippen LogP contribution in [0, 0.1) is 5.41 Å². The van der Waals surface area contributed by atoms with Crippen LogP contribution in [-0.2, 0) is 9.59 Å². The van der Waals surface area contributed by atoms with Crippen molar-refractivity contribution in [3.63, 3.8) is 0 Å². The molecular formula is C11H20N2O3. The van der Waals surface area contributed by atoms with Gasteiger partial charge < -0.3 is 14.8 Å². The number of nitrogens with one attached hydrogen (secondary N) is 1. The molecule has 0 saturated carbocycles. The quantitative estimate of drug-likeness (QED) is 0.619. The zero-order chi connectivity index (χ0) is 12.3. The number of aliphatic hydroxyl groups excluding tert-OH is 1. The molecule has 0 bridgehead atoms. The summed E-state index contributed by atoms with van der Waals surface area (Å²) in [5, 5.41) is 12.1. The first-order valence-corrected chi connectivity index (χ1v) is 5.50. The van der Waals surface area contributed by atoms with E-state index in [4.69, 9.17) is 5.11 Å². The third-order valence-corrected chi connectivity index (χ3v) is 2.62. The van der Waals surface area contributed by atoms with Gasteiger partial charge in [-0.15, -0.1) is 0 Å². The Labute approximate surface area is 95.8 Å². The molecule has 0 aromatic rings. The van der Waals surface area contributed by atoms with Crippen molar-refractivity contribution in [3.8, 4) is 0 Å². The van der Waals surface area contributed by atoms with Gasteiger partial charge in [-0.2, -0.15) is 0 Å². The standard InChI is InChI=1S/C11H20N2O3/c1-11(2,3)10(16)13-4-8(6-14)12-9(5-13)7-15/h6,8-9,12,15H,4-5,7H2,1-3H3/t8?,9-/m1/s1. The van der Waals surface area contributed by atoms with Gasteiger partial charge in [0.2, 0.25) is 5.91 Å². The normalized spacial score (nSPS) is 26.6. The van der Waals surface area contributed by atoms with Crippen LogP contribution in [0.25, 0.3) is 0 Å². The molecule has 1 amide bonds. The molecule has 0 aromatic heterocycles. The molecule has 0 radical (unpaired) electrons. The summed E-state index contributed by atoms with van der Waals surface area (Å²) in [5.41, 5.74) is -0.454. The molecular weight excluding hydrogens is 208 g/mol. The highest BCUT2D eigenvalue weighted by Crippen LogP contribution is 2.19. The number of hydrogen-bond acceptors (Lipinski definition) is 4. The van der Waals surface area contributed by atoms with Crippen LogP contribution in [0.4, 0.5) is 0 Å². The molecule has 5 heteroatoms. The maximum Gasteiger partial charge on any atom is 0.228 e. The van der Waals surface area contributed by atoms with Crippen LogP contribution in [0.3, 0.4) is 0 Å². The van der Waals surface area contributed by atoms with Gasteiger partial charge in [0.25, 0.3) is 0 Å². The minimum atomic E-state index is -0.454. The molecule has 1 rings (SSSR count). The Morgan fingerprint density at radius 1 is 1.50 bits per heavy atom. The molecule has 1 aliphatic heterocycles. The summed E-state index contributed by atoms with van der Waals surface area (Å²) in [5.74, 6) is 0.0132. The van der Waals surface area contributed by atoms with E-state index in [1.807, 2.05) is 20.8 Å². The summed E-state index contributed by atoms with van der Waals surface area (Å²) in [6, 6.07) is -0.590. The topological polar surface area (TPSA) is 69.6 Å². The second kappa shape index (κ2) is 4.93. The largest absolute Gasteiger partial charge is 0.395 e. The number of nitrogens with zero attached hydrogens (tertiary/aromatic N) is 1. The highest BCUT2D eigenvalue weighted by atomic mass is 16.3. The van der Waals surface area contributed by atoms with Crippen molar-refractivity contribution in [2.45, 2.75) is 32.9 Å². The fourth-order valence-corrected chi connectivity index (χ4v) is 1.82. The second-order valence-electron chi connectivity index (χ2n) is 5.25. The molecule has 16 heavy (non-hydrogen) atoms. The fraction of sp³-hybridized carbons (Fsp3) is 0.818. The van der Waals surface area contributed by atoms with Crippen molar-refractivity contribution in [3.05, 3.63) is 0 Å². The molecule has 1 fully saturated rings. The van der Waals surface area contributed by atoms with Crippen molar-refractivity contribution < 1.29 is 14.7 Å². The maximum absolute atomic E-state index is 12.0. The third kappa shape index (κ3) is 3.02. The Kier molecular flexibility index (Phi) is 4.04. The summed E-state index contributed by atoms with van der Waals surface area (Å²) >= 11 is 0. The number of carbonyl (C=O) groups excluding carboxylic acids is 2. The van der Waals surface area contributed by atoms with Crippen LogP contribution in [0.15, 0.2) is 0 Å². The lowest BCUT2D eigenvalue weighted by molar-refractivity contribution is -0.142. The van der Waals surface area contributed by atoms with E-state index >= 15 is 0 Å². The highest BCUT2D eigenvalue weighted by Gasteiger charge is 2.33. The lowest BCUT2D eigenvalue weighted by Crippen LogP contribution is -2.61. The van der Waals surface area contributed by atoms with Gasteiger partial charge in [-0.3, -0.25) is 10.1 Å². The van der Waals surface area contributed by atoms with Crippen molar-refractivity contribution in [1.82, 2.24) is 10.2 Å². The van der Waals surface area contributed by atoms with E-state index in [9.17, 15) is 9.59 Å². The predicted octanol–water partition coefficient (Wildman–Crippen LogP) is -0.607. The van der Waals surface area contributed by atoms with Crippen LogP contribution in [-0.4, -0.2) is 54.0 Å². The second-order valence-corrected chi connectivity index (χ2v) is 5.25. The molecule has 1 heterocycles. The molecule has 1 aliphatic rings. The first-order chi connectivity index (χ1) is 7.38. The average molecular weight is 228 g/mol. The SMILES string of the molecule is CC(C)(C)C(=O)N1CC(C=O)N[C@@H](CO)C1. The molecule has 1 unspecified atom stereocenters. The Bertz CT molecular complexity index is 273. The van der Waals surface area contributed by atoms with Gasteiger partial charge in [0.05, 0.1) is 12.6 Å². The summed E-state index contributed by atoms with van der Waals surface area (Å²) < 4.78 is 0. The van der Waals surface area contributed by atoms with Crippen LogP contribution >= 0.6 is 0 Å². The van der Waals surface area contributed by atoms with E-state index in [1.54, 1.807) is 4.90 Å². The smallest absolute Gasteiger partial charge is 0.228 e. The van der Waals surface area contributed by atoms with Crippen LogP contribution in [0.1, 0.15) is 20.8 Å². The molecule has 2 atom stereocenters.